The van der Waals surface area contributed by atoms with Crippen molar-refractivity contribution >= 4 is 23.3 Å². The second-order valence-corrected chi connectivity index (χ2v) is 3.82. The van der Waals surface area contributed by atoms with Crippen molar-refractivity contribution in [2.45, 2.75) is 6.42 Å². The lowest BCUT2D eigenvalue weighted by atomic mass is 10.1. The van der Waals surface area contributed by atoms with Crippen LogP contribution in [-0.4, -0.2) is 37.5 Å². The molecule has 1 aromatic rings. The summed E-state index contributed by atoms with van der Waals surface area (Å²) in [4.78, 5) is 32.8. The van der Waals surface area contributed by atoms with Crippen molar-refractivity contribution in [2.75, 3.05) is 26.0 Å². The number of methoxy groups -OCH3 is 1. The number of hydrogen-bond acceptors (Lipinski definition) is 6. The van der Waals surface area contributed by atoms with Crippen LogP contribution in [0.15, 0.2) is 18.2 Å². The van der Waals surface area contributed by atoms with E-state index in [2.05, 4.69) is 15.4 Å². The lowest BCUT2D eigenvalue weighted by Crippen LogP contribution is -2.18. The molecule has 2 N–H and O–H groups in total. The normalized spacial score (nSPS) is 9.70. The zero-order valence-electron chi connectivity index (χ0n) is 11.1. The van der Waals surface area contributed by atoms with Crippen LogP contribution in [0.3, 0.4) is 0 Å². The topological polar surface area (TPSA) is 111 Å². The molecule has 1 rings (SSSR count). The molecule has 1 aromatic carbocycles. The third kappa shape index (κ3) is 3.94. The van der Waals surface area contributed by atoms with E-state index < -0.39 is 16.8 Å². The van der Waals surface area contributed by atoms with Gasteiger partial charge in [-0.2, -0.15) is 0 Å². The number of nitrogens with one attached hydrogen (secondary N) is 2. The van der Waals surface area contributed by atoms with Crippen LogP contribution in [0.5, 0.6) is 0 Å². The summed E-state index contributed by atoms with van der Waals surface area (Å²) in [6, 6.07) is 4.08. The predicted molar refractivity (Wildman–Crippen MR) is 71.6 cm³/mol. The molecule has 0 aromatic heterocycles. The number of amides is 1. The highest BCUT2D eigenvalue weighted by Gasteiger charge is 2.17. The molecular formula is C12H15N3O5. The van der Waals surface area contributed by atoms with Crippen LogP contribution in [0.1, 0.15) is 16.8 Å². The van der Waals surface area contributed by atoms with Crippen molar-refractivity contribution in [3.8, 4) is 0 Å². The largest absolute Gasteiger partial charge is 0.469 e. The number of nitro groups is 1. The van der Waals surface area contributed by atoms with Gasteiger partial charge in [-0.1, -0.05) is 0 Å². The van der Waals surface area contributed by atoms with E-state index >= 15 is 0 Å². The number of nitrogens with zero attached hydrogens (tertiary/aromatic N) is 1. The van der Waals surface area contributed by atoms with Gasteiger partial charge < -0.3 is 15.4 Å². The molecule has 20 heavy (non-hydrogen) atoms. The molecule has 0 spiro atoms. The number of nitro benzene ring substituents is 1. The Morgan fingerprint density at radius 2 is 2.10 bits per heavy atom. The van der Waals surface area contributed by atoms with Gasteiger partial charge in [0, 0.05) is 25.2 Å². The highest BCUT2D eigenvalue weighted by molar-refractivity contribution is 5.95. The van der Waals surface area contributed by atoms with Gasteiger partial charge in [0.1, 0.15) is 5.69 Å². The molecule has 0 heterocycles. The first-order valence-electron chi connectivity index (χ1n) is 5.80. The van der Waals surface area contributed by atoms with Gasteiger partial charge in [0.05, 0.1) is 18.5 Å². The molecule has 0 aliphatic carbocycles. The number of carbonyl (C=O) groups excluding carboxylic acids is 2. The van der Waals surface area contributed by atoms with Gasteiger partial charge >= 0.3 is 5.97 Å². The molecule has 0 fully saturated rings. The van der Waals surface area contributed by atoms with Crippen molar-refractivity contribution in [1.82, 2.24) is 5.32 Å². The summed E-state index contributed by atoms with van der Waals surface area (Å²) in [7, 11) is 2.71. The second kappa shape index (κ2) is 7.07. The number of anilines is 1. The van der Waals surface area contributed by atoms with E-state index in [1.165, 1.54) is 32.4 Å². The summed E-state index contributed by atoms with van der Waals surface area (Å²) < 4.78 is 4.47. The van der Waals surface area contributed by atoms with Crippen molar-refractivity contribution in [2.24, 2.45) is 0 Å². The Kier molecular flexibility index (Phi) is 5.45. The van der Waals surface area contributed by atoms with Crippen molar-refractivity contribution in [3.63, 3.8) is 0 Å². The molecule has 0 unspecified atom stereocenters. The fourth-order valence-corrected chi connectivity index (χ4v) is 1.52. The first kappa shape index (κ1) is 15.4. The minimum absolute atomic E-state index is 0.0881. The Morgan fingerprint density at radius 1 is 1.40 bits per heavy atom. The van der Waals surface area contributed by atoms with Crippen LogP contribution in [0.25, 0.3) is 0 Å². The van der Waals surface area contributed by atoms with E-state index in [-0.39, 0.29) is 29.9 Å². The minimum atomic E-state index is -0.590. The van der Waals surface area contributed by atoms with E-state index in [1.807, 2.05) is 0 Å². The van der Waals surface area contributed by atoms with Crippen LogP contribution >= 0.6 is 0 Å². The third-order valence-electron chi connectivity index (χ3n) is 2.56. The molecule has 8 nitrogen and oxygen atoms in total. The first-order valence-corrected chi connectivity index (χ1v) is 5.80. The zero-order valence-corrected chi connectivity index (χ0v) is 11.1. The molecule has 0 bridgehead atoms. The fourth-order valence-electron chi connectivity index (χ4n) is 1.52. The Morgan fingerprint density at radius 3 is 2.65 bits per heavy atom. The summed E-state index contributed by atoms with van der Waals surface area (Å²) in [6.07, 6.45) is 0.0881. The fraction of sp³-hybridized carbons (Fsp3) is 0.333. The van der Waals surface area contributed by atoms with E-state index in [4.69, 9.17) is 0 Å². The molecule has 1 amide bonds. The molecule has 0 saturated carbocycles. The maximum absolute atomic E-state index is 11.4. The maximum Gasteiger partial charge on any atom is 0.307 e. The van der Waals surface area contributed by atoms with Crippen LogP contribution in [0.2, 0.25) is 0 Å². The van der Waals surface area contributed by atoms with E-state index in [0.29, 0.717) is 0 Å². The second-order valence-electron chi connectivity index (χ2n) is 3.82. The third-order valence-corrected chi connectivity index (χ3v) is 2.56. The Hall–Kier alpha value is -2.64. The standard InChI is InChI=1S/C12H15N3O5/c1-13-12(17)8-3-4-9(10(7-8)15(18)19)14-6-5-11(16)20-2/h3-4,7,14H,5-6H2,1-2H3,(H,13,17). The van der Waals surface area contributed by atoms with Crippen LogP contribution in [0.4, 0.5) is 11.4 Å². The molecule has 8 heteroatoms. The summed E-state index contributed by atoms with van der Waals surface area (Å²) in [5.41, 5.74) is 0.209. The zero-order chi connectivity index (χ0) is 15.1. The number of benzene rings is 1. The van der Waals surface area contributed by atoms with Crippen molar-refractivity contribution < 1.29 is 19.2 Å². The first-order chi connectivity index (χ1) is 9.49. The molecular weight excluding hydrogens is 266 g/mol. The molecule has 0 radical (unpaired) electrons. The van der Waals surface area contributed by atoms with Crippen LogP contribution < -0.4 is 10.6 Å². The Balaban J connectivity index is 2.88. The number of hydrogen-bond donors (Lipinski definition) is 2. The van der Waals surface area contributed by atoms with Gasteiger partial charge in [-0.05, 0) is 12.1 Å². The van der Waals surface area contributed by atoms with E-state index in [9.17, 15) is 19.7 Å². The van der Waals surface area contributed by atoms with Gasteiger partial charge in [0.2, 0.25) is 0 Å². The monoisotopic (exact) mass is 281 g/mol. The van der Waals surface area contributed by atoms with Crippen molar-refractivity contribution in [1.29, 1.82) is 0 Å². The van der Waals surface area contributed by atoms with Gasteiger partial charge in [0.25, 0.3) is 11.6 Å². The quantitative estimate of drug-likeness (QED) is 0.456. The van der Waals surface area contributed by atoms with Gasteiger partial charge in [-0.25, -0.2) is 0 Å². The lowest BCUT2D eigenvalue weighted by molar-refractivity contribution is -0.384. The summed E-state index contributed by atoms with van der Waals surface area (Å²) in [5, 5.41) is 16.1. The summed E-state index contributed by atoms with van der Waals surface area (Å²) in [6.45, 7) is 0.201. The average Bonchev–Trinajstić information content (AvgIpc) is 2.46. The predicted octanol–water partition coefficient (Wildman–Crippen LogP) is 0.929. The minimum Gasteiger partial charge on any atom is -0.469 e. The van der Waals surface area contributed by atoms with Gasteiger partial charge in [-0.15, -0.1) is 0 Å². The highest BCUT2D eigenvalue weighted by Crippen LogP contribution is 2.25. The van der Waals surface area contributed by atoms with Crippen LogP contribution in [0, 0.1) is 10.1 Å². The number of rotatable bonds is 6. The molecule has 108 valence electrons. The molecule has 0 atom stereocenters. The van der Waals surface area contributed by atoms with Crippen LogP contribution in [-0.2, 0) is 9.53 Å². The number of carbonyl (C=O) groups is 2. The maximum atomic E-state index is 11.4. The highest BCUT2D eigenvalue weighted by atomic mass is 16.6. The van der Waals surface area contributed by atoms with E-state index in [0.717, 1.165) is 0 Å². The lowest BCUT2D eigenvalue weighted by Gasteiger charge is -2.07. The number of esters is 1. The van der Waals surface area contributed by atoms with Gasteiger partial charge in [0.15, 0.2) is 0 Å². The Bertz CT molecular complexity index is 530. The average molecular weight is 281 g/mol. The summed E-state index contributed by atoms with van der Waals surface area (Å²) in [5.74, 6) is -0.823. The molecule has 0 saturated heterocycles. The molecule has 0 aliphatic heterocycles. The SMILES string of the molecule is CNC(=O)c1ccc(NCCC(=O)OC)c([N+](=O)[O-])c1. The Labute approximate surface area is 115 Å². The van der Waals surface area contributed by atoms with Crippen molar-refractivity contribution in [3.05, 3.63) is 33.9 Å². The van der Waals surface area contributed by atoms with Gasteiger partial charge in [-0.3, -0.25) is 19.7 Å². The smallest absolute Gasteiger partial charge is 0.307 e. The number of ether oxygens (including phenoxy) is 1. The molecule has 0 aliphatic rings. The summed E-state index contributed by atoms with van der Waals surface area (Å²) >= 11 is 0. The van der Waals surface area contributed by atoms with E-state index in [1.54, 1.807) is 0 Å².